The molecule has 134 valence electrons. The van der Waals surface area contributed by atoms with Gasteiger partial charge < -0.3 is 15.4 Å². The number of hydrogen-bond acceptors (Lipinski definition) is 4. The van der Waals surface area contributed by atoms with Crippen LogP contribution in [0.3, 0.4) is 0 Å². The maximum atomic E-state index is 14.5. The van der Waals surface area contributed by atoms with Gasteiger partial charge >= 0.3 is 0 Å². The normalized spacial score (nSPS) is 16.7. The highest BCUT2D eigenvalue weighted by Gasteiger charge is 2.21. The molecule has 2 aromatic rings. The van der Waals surface area contributed by atoms with Gasteiger partial charge in [-0.05, 0) is 60.3 Å². The van der Waals surface area contributed by atoms with E-state index in [1.807, 2.05) is 6.07 Å². The fourth-order valence-corrected chi connectivity index (χ4v) is 3.60. The standard InChI is InChI=1S/C21H22FN3O/c22-20-11-19-18-3-2-14(4-7-25-5-1-6-25)8-16(18)13-26-21(19)10-15(20)9-17(24)12-23/h2-3,8,10-11,17H,1,4-7,9,13,24H2. The Balaban J connectivity index is 1.58. The first-order valence-corrected chi connectivity index (χ1v) is 9.09. The summed E-state index contributed by atoms with van der Waals surface area (Å²) in [4.78, 5) is 2.45. The van der Waals surface area contributed by atoms with E-state index in [-0.39, 0.29) is 12.2 Å². The summed E-state index contributed by atoms with van der Waals surface area (Å²) in [5, 5.41) is 8.85. The van der Waals surface area contributed by atoms with Crippen molar-refractivity contribution in [2.24, 2.45) is 5.73 Å². The highest BCUT2D eigenvalue weighted by molar-refractivity contribution is 5.76. The van der Waals surface area contributed by atoms with Crippen molar-refractivity contribution in [1.29, 1.82) is 5.26 Å². The molecule has 0 aliphatic carbocycles. The molecule has 2 aliphatic rings. The lowest BCUT2D eigenvalue weighted by Gasteiger charge is -2.30. The Hall–Kier alpha value is -2.42. The number of fused-ring (bicyclic) bond motifs is 3. The third-order valence-electron chi connectivity index (χ3n) is 5.26. The minimum absolute atomic E-state index is 0.182. The number of hydrogen-bond donors (Lipinski definition) is 1. The molecule has 0 amide bonds. The molecule has 0 aromatic heterocycles. The maximum Gasteiger partial charge on any atom is 0.128 e. The number of likely N-dealkylation sites (tertiary alicyclic amines) is 1. The summed E-state index contributed by atoms with van der Waals surface area (Å²) in [5.41, 5.74) is 10.2. The number of nitrogens with two attached hydrogens (primary N) is 1. The molecule has 2 aromatic carbocycles. The van der Waals surface area contributed by atoms with Crippen LogP contribution >= 0.6 is 0 Å². The van der Waals surface area contributed by atoms with E-state index in [0.717, 1.165) is 29.7 Å². The van der Waals surface area contributed by atoms with Crippen molar-refractivity contribution < 1.29 is 9.13 Å². The minimum atomic E-state index is -0.715. The Morgan fingerprint density at radius 1 is 1.23 bits per heavy atom. The van der Waals surface area contributed by atoms with E-state index in [4.69, 9.17) is 15.7 Å². The lowest BCUT2D eigenvalue weighted by molar-refractivity contribution is 0.184. The highest BCUT2D eigenvalue weighted by atomic mass is 19.1. The van der Waals surface area contributed by atoms with Gasteiger partial charge in [0.15, 0.2) is 0 Å². The molecule has 0 radical (unpaired) electrons. The van der Waals surface area contributed by atoms with Crippen LogP contribution in [0.25, 0.3) is 11.1 Å². The Kier molecular flexibility index (Phi) is 4.62. The average Bonchev–Trinajstić information content (AvgIpc) is 2.60. The van der Waals surface area contributed by atoms with Crippen LogP contribution in [0.1, 0.15) is 23.1 Å². The second-order valence-corrected chi connectivity index (χ2v) is 7.10. The molecule has 1 atom stereocenters. The van der Waals surface area contributed by atoms with E-state index in [1.54, 1.807) is 6.07 Å². The van der Waals surface area contributed by atoms with Gasteiger partial charge in [-0.25, -0.2) is 4.39 Å². The van der Waals surface area contributed by atoms with Crippen LogP contribution in [0.4, 0.5) is 4.39 Å². The number of nitriles is 1. The average molecular weight is 351 g/mol. The topological polar surface area (TPSA) is 62.3 Å². The van der Waals surface area contributed by atoms with Crippen LogP contribution in [0.2, 0.25) is 0 Å². The van der Waals surface area contributed by atoms with Crippen LogP contribution in [0, 0.1) is 17.1 Å². The van der Waals surface area contributed by atoms with Crippen LogP contribution < -0.4 is 10.5 Å². The van der Waals surface area contributed by atoms with Crippen LogP contribution in [-0.2, 0) is 19.4 Å². The molecular formula is C21H22FN3O. The summed E-state index contributed by atoms with van der Waals surface area (Å²) in [6, 6.07) is 10.8. The van der Waals surface area contributed by atoms with E-state index in [2.05, 4.69) is 23.1 Å². The van der Waals surface area contributed by atoms with Gasteiger partial charge in [0.05, 0.1) is 12.1 Å². The Morgan fingerprint density at radius 2 is 2.08 bits per heavy atom. The molecule has 1 saturated heterocycles. The zero-order chi connectivity index (χ0) is 18.1. The van der Waals surface area contributed by atoms with E-state index in [0.29, 0.717) is 17.9 Å². The lowest BCUT2D eigenvalue weighted by Crippen LogP contribution is -2.38. The van der Waals surface area contributed by atoms with Crippen LogP contribution in [0.5, 0.6) is 5.75 Å². The number of halogens is 1. The SMILES string of the molecule is N#CC(N)Cc1cc2c(cc1F)-c1ccc(CCN3CCC3)cc1CO2. The van der Waals surface area contributed by atoms with Gasteiger partial charge in [-0.2, -0.15) is 5.26 Å². The van der Waals surface area contributed by atoms with Gasteiger partial charge in [-0.15, -0.1) is 0 Å². The summed E-state index contributed by atoms with van der Waals surface area (Å²) in [6.45, 7) is 3.99. The van der Waals surface area contributed by atoms with Gasteiger partial charge in [-0.1, -0.05) is 18.2 Å². The lowest BCUT2D eigenvalue weighted by atomic mass is 9.92. The molecule has 2 N–H and O–H groups in total. The summed E-state index contributed by atoms with van der Waals surface area (Å²) < 4.78 is 20.3. The van der Waals surface area contributed by atoms with Crippen molar-refractivity contribution in [3.05, 3.63) is 52.8 Å². The molecule has 1 unspecified atom stereocenters. The van der Waals surface area contributed by atoms with Crippen LogP contribution in [-0.4, -0.2) is 30.6 Å². The number of ether oxygens (including phenoxy) is 1. The monoisotopic (exact) mass is 351 g/mol. The first kappa shape index (κ1) is 17.0. The fraction of sp³-hybridized carbons (Fsp3) is 0.381. The van der Waals surface area contributed by atoms with Gasteiger partial charge in [0, 0.05) is 18.5 Å². The molecule has 2 heterocycles. The Labute approximate surface area is 153 Å². The smallest absolute Gasteiger partial charge is 0.128 e. The van der Waals surface area contributed by atoms with Gasteiger partial charge in [0.1, 0.15) is 18.2 Å². The molecule has 0 saturated carbocycles. The van der Waals surface area contributed by atoms with Crippen molar-refractivity contribution in [2.75, 3.05) is 19.6 Å². The second kappa shape index (κ2) is 7.06. The number of benzene rings is 2. The van der Waals surface area contributed by atoms with Crippen molar-refractivity contribution in [2.45, 2.75) is 31.9 Å². The number of nitrogens with zero attached hydrogens (tertiary/aromatic N) is 2. The molecule has 0 bridgehead atoms. The van der Waals surface area contributed by atoms with Crippen LogP contribution in [0.15, 0.2) is 30.3 Å². The summed E-state index contributed by atoms with van der Waals surface area (Å²) in [5.74, 6) is 0.320. The zero-order valence-corrected chi connectivity index (χ0v) is 14.7. The van der Waals surface area contributed by atoms with Crippen molar-refractivity contribution in [1.82, 2.24) is 4.90 Å². The molecule has 5 heteroatoms. The van der Waals surface area contributed by atoms with E-state index < -0.39 is 6.04 Å². The molecule has 0 spiro atoms. The number of rotatable bonds is 5. The second-order valence-electron chi connectivity index (χ2n) is 7.10. The van der Waals surface area contributed by atoms with E-state index in [9.17, 15) is 4.39 Å². The Bertz CT molecular complexity index is 870. The zero-order valence-electron chi connectivity index (χ0n) is 14.7. The first-order chi connectivity index (χ1) is 12.6. The third-order valence-corrected chi connectivity index (χ3v) is 5.26. The molecular weight excluding hydrogens is 329 g/mol. The highest BCUT2D eigenvalue weighted by Crippen LogP contribution is 2.39. The van der Waals surface area contributed by atoms with Crippen molar-refractivity contribution >= 4 is 0 Å². The maximum absolute atomic E-state index is 14.5. The van der Waals surface area contributed by atoms with Crippen molar-refractivity contribution in [3.63, 3.8) is 0 Å². The minimum Gasteiger partial charge on any atom is -0.488 e. The van der Waals surface area contributed by atoms with E-state index in [1.165, 1.54) is 31.1 Å². The Morgan fingerprint density at radius 3 is 2.81 bits per heavy atom. The molecule has 26 heavy (non-hydrogen) atoms. The third kappa shape index (κ3) is 3.31. The summed E-state index contributed by atoms with van der Waals surface area (Å²) in [7, 11) is 0. The molecule has 4 rings (SSSR count). The summed E-state index contributed by atoms with van der Waals surface area (Å²) in [6.07, 6.45) is 2.52. The van der Waals surface area contributed by atoms with Gasteiger partial charge in [0.25, 0.3) is 0 Å². The molecule has 1 fully saturated rings. The first-order valence-electron chi connectivity index (χ1n) is 9.09. The van der Waals surface area contributed by atoms with Gasteiger partial charge in [0.2, 0.25) is 0 Å². The fourth-order valence-electron chi connectivity index (χ4n) is 3.60. The molecule has 2 aliphatic heterocycles. The van der Waals surface area contributed by atoms with Crippen molar-refractivity contribution in [3.8, 4) is 22.9 Å². The predicted molar refractivity (Wildman–Crippen MR) is 98.2 cm³/mol. The molecule has 4 nitrogen and oxygen atoms in total. The predicted octanol–water partition coefficient (Wildman–Crippen LogP) is 3.03. The van der Waals surface area contributed by atoms with Gasteiger partial charge in [-0.3, -0.25) is 0 Å². The quantitative estimate of drug-likeness (QED) is 0.899. The largest absolute Gasteiger partial charge is 0.488 e. The van der Waals surface area contributed by atoms with E-state index >= 15 is 0 Å². The summed E-state index contributed by atoms with van der Waals surface area (Å²) >= 11 is 0.